The molecule has 2 N–H and O–H groups in total. The van der Waals surface area contributed by atoms with Crippen molar-refractivity contribution in [1.29, 1.82) is 0 Å². The standard InChI is InChI=1S/C7H12NO4P/c1-5-4-11-7(6(5)2)13(9,10)12-8-3/h4,8H,1-3H3,(H,9,10). The van der Waals surface area contributed by atoms with Gasteiger partial charge in [0.2, 0.25) is 5.50 Å². The number of aryl methyl sites for hydroxylation is 1. The number of hydrogen-bond donors (Lipinski definition) is 2. The zero-order valence-electron chi connectivity index (χ0n) is 7.70. The number of hydroxylamine groups is 1. The fourth-order valence-electron chi connectivity index (χ4n) is 0.933. The van der Waals surface area contributed by atoms with Gasteiger partial charge in [-0.15, -0.1) is 0 Å². The Morgan fingerprint density at radius 1 is 1.62 bits per heavy atom. The third-order valence-electron chi connectivity index (χ3n) is 1.73. The molecule has 0 saturated heterocycles. The van der Waals surface area contributed by atoms with E-state index in [2.05, 4.69) is 10.1 Å². The zero-order valence-corrected chi connectivity index (χ0v) is 8.59. The molecule has 0 radical (unpaired) electrons. The van der Waals surface area contributed by atoms with Crippen LogP contribution in [0.5, 0.6) is 0 Å². The first-order valence-electron chi connectivity index (χ1n) is 3.72. The van der Waals surface area contributed by atoms with Crippen molar-refractivity contribution in [3.05, 3.63) is 17.4 Å². The molecule has 1 rings (SSSR count). The number of rotatable bonds is 3. The van der Waals surface area contributed by atoms with E-state index in [-0.39, 0.29) is 5.50 Å². The van der Waals surface area contributed by atoms with Crippen LogP contribution in [0.2, 0.25) is 0 Å². The van der Waals surface area contributed by atoms with Crippen LogP contribution in [0.25, 0.3) is 0 Å². The second-order valence-corrected chi connectivity index (χ2v) is 4.29. The quantitative estimate of drug-likeness (QED) is 0.565. The molecule has 0 saturated carbocycles. The molecule has 6 heteroatoms. The lowest BCUT2D eigenvalue weighted by Gasteiger charge is -2.07. The maximum absolute atomic E-state index is 11.4. The molecule has 0 fully saturated rings. The number of hydrogen-bond acceptors (Lipinski definition) is 4. The lowest BCUT2D eigenvalue weighted by molar-refractivity contribution is 0.192. The van der Waals surface area contributed by atoms with Crippen molar-refractivity contribution in [3.8, 4) is 0 Å². The average Bonchev–Trinajstić information content (AvgIpc) is 2.33. The summed E-state index contributed by atoms with van der Waals surface area (Å²) in [7, 11) is -2.43. The van der Waals surface area contributed by atoms with Crippen LogP contribution in [0.15, 0.2) is 10.7 Å². The first-order chi connectivity index (χ1) is 5.99. The molecule has 0 aliphatic rings. The van der Waals surface area contributed by atoms with Gasteiger partial charge in [0.25, 0.3) is 0 Å². The van der Waals surface area contributed by atoms with Crippen LogP contribution >= 0.6 is 7.60 Å². The molecule has 1 atom stereocenters. The summed E-state index contributed by atoms with van der Waals surface area (Å²) in [5.41, 5.74) is 3.62. The van der Waals surface area contributed by atoms with E-state index in [1.807, 2.05) is 0 Å². The molecule has 1 aromatic rings. The van der Waals surface area contributed by atoms with Gasteiger partial charge in [0.05, 0.1) is 6.26 Å². The molecule has 0 aliphatic heterocycles. The van der Waals surface area contributed by atoms with Gasteiger partial charge in [0, 0.05) is 12.6 Å². The third kappa shape index (κ3) is 2.00. The van der Waals surface area contributed by atoms with E-state index < -0.39 is 7.60 Å². The topological polar surface area (TPSA) is 71.7 Å². The SMILES string of the molecule is CNOP(=O)(O)c1occ(C)c1C. The molecule has 74 valence electrons. The van der Waals surface area contributed by atoms with Crippen molar-refractivity contribution in [2.75, 3.05) is 7.05 Å². The minimum Gasteiger partial charge on any atom is -0.456 e. The summed E-state index contributed by atoms with van der Waals surface area (Å²) in [6.07, 6.45) is 1.42. The van der Waals surface area contributed by atoms with Crippen molar-refractivity contribution in [2.45, 2.75) is 13.8 Å². The minimum absolute atomic E-state index is 0.0145. The van der Waals surface area contributed by atoms with Crippen LogP contribution in [0, 0.1) is 13.8 Å². The Bertz CT molecular complexity index is 346. The number of furan rings is 1. The van der Waals surface area contributed by atoms with Gasteiger partial charge in [-0.3, -0.25) is 0 Å². The van der Waals surface area contributed by atoms with Crippen molar-refractivity contribution in [1.82, 2.24) is 5.48 Å². The van der Waals surface area contributed by atoms with E-state index in [1.165, 1.54) is 13.3 Å². The molecule has 1 heterocycles. The van der Waals surface area contributed by atoms with Crippen LogP contribution in [0.3, 0.4) is 0 Å². The monoisotopic (exact) mass is 205 g/mol. The van der Waals surface area contributed by atoms with Gasteiger partial charge in [-0.05, 0) is 19.4 Å². The normalized spacial score (nSPS) is 15.7. The highest BCUT2D eigenvalue weighted by atomic mass is 31.2. The van der Waals surface area contributed by atoms with Gasteiger partial charge in [-0.25, -0.2) is 9.19 Å². The lowest BCUT2D eigenvalue weighted by atomic mass is 10.2. The van der Waals surface area contributed by atoms with Gasteiger partial charge in [0.15, 0.2) is 0 Å². The molecule has 0 aliphatic carbocycles. The zero-order chi connectivity index (χ0) is 10.1. The maximum atomic E-state index is 11.4. The van der Waals surface area contributed by atoms with Gasteiger partial charge in [-0.1, -0.05) is 0 Å². The van der Waals surface area contributed by atoms with Gasteiger partial charge in [-0.2, -0.15) is 5.48 Å². The van der Waals surface area contributed by atoms with E-state index in [0.29, 0.717) is 5.56 Å². The summed E-state index contributed by atoms with van der Waals surface area (Å²) in [5.74, 6) is 0. The Kier molecular flexibility index (Phi) is 2.93. The van der Waals surface area contributed by atoms with Gasteiger partial charge < -0.3 is 9.31 Å². The summed E-state index contributed by atoms with van der Waals surface area (Å²) in [4.78, 5) is 9.36. The predicted molar refractivity (Wildman–Crippen MR) is 47.8 cm³/mol. The van der Waals surface area contributed by atoms with Crippen LogP contribution in [0.4, 0.5) is 0 Å². The summed E-state index contributed by atoms with van der Waals surface area (Å²) in [6.45, 7) is 3.50. The van der Waals surface area contributed by atoms with Gasteiger partial charge in [0.1, 0.15) is 0 Å². The second kappa shape index (κ2) is 3.64. The Morgan fingerprint density at radius 2 is 2.23 bits per heavy atom. The van der Waals surface area contributed by atoms with E-state index in [1.54, 1.807) is 13.8 Å². The molecular weight excluding hydrogens is 193 g/mol. The Hall–Kier alpha value is -0.610. The molecule has 0 amide bonds. The molecule has 13 heavy (non-hydrogen) atoms. The third-order valence-corrected chi connectivity index (χ3v) is 3.12. The lowest BCUT2D eigenvalue weighted by Crippen LogP contribution is -2.14. The average molecular weight is 205 g/mol. The molecule has 1 unspecified atom stereocenters. The molecule has 0 spiro atoms. The smallest absolute Gasteiger partial charge is 0.410 e. The summed E-state index contributed by atoms with van der Waals surface area (Å²) in [6, 6.07) is 0. The summed E-state index contributed by atoms with van der Waals surface area (Å²) >= 11 is 0. The van der Waals surface area contributed by atoms with Crippen LogP contribution in [-0.2, 0) is 9.19 Å². The van der Waals surface area contributed by atoms with Crippen LogP contribution in [0.1, 0.15) is 11.1 Å². The minimum atomic E-state index is -3.84. The highest BCUT2D eigenvalue weighted by molar-refractivity contribution is 7.60. The predicted octanol–water partition coefficient (Wildman–Crippen LogP) is 0.858. The number of nitrogens with one attached hydrogen (secondary N) is 1. The van der Waals surface area contributed by atoms with Gasteiger partial charge >= 0.3 is 7.60 Å². The van der Waals surface area contributed by atoms with E-state index in [0.717, 1.165) is 5.56 Å². The van der Waals surface area contributed by atoms with E-state index in [9.17, 15) is 9.46 Å². The molecule has 0 aromatic carbocycles. The Labute approximate surface area is 76.2 Å². The second-order valence-electron chi connectivity index (χ2n) is 2.66. The molecule has 0 bridgehead atoms. The van der Waals surface area contributed by atoms with Crippen molar-refractivity contribution in [2.24, 2.45) is 0 Å². The highest BCUT2D eigenvalue weighted by Crippen LogP contribution is 2.41. The van der Waals surface area contributed by atoms with E-state index >= 15 is 0 Å². The fraction of sp³-hybridized carbons (Fsp3) is 0.429. The Morgan fingerprint density at radius 3 is 2.62 bits per heavy atom. The maximum Gasteiger partial charge on any atom is 0.410 e. The molecule has 5 nitrogen and oxygen atoms in total. The van der Waals surface area contributed by atoms with Crippen molar-refractivity contribution in [3.63, 3.8) is 0 Å². The van der Waals surface area contributed by atoms with Crippen molar-refractivity contribution < 1.29 is 18.5 Å². The first-order valence-corrected chi connectivity index (χ1v) is 5.30. The van der Waals surface area contributed by atoms with Crippen molar-refractivity contribution >= 4 is 13.1 Å². The Balaban J connectivity index is 3.07. The summed E-state index contributed by atoms with van der Waals surface area (Å²) < 4.78 is 20.8. The van der Waals surface area contributed by atoms with Crippen LogP contribution < -0.4 is 11.0 Å². The van der Waals surface area contributed by atoms with E-state index in [4.69, 9.17) is 4.42 Å². The fourth-order valence-corrected chi connectivity index (χ4v) is 2.05. The first kappa shape index (κ1) is 10.5. The molecule has 1 aromatic heterocycles. The highest BCUT2D eigenvalue weighted by Gasteiger charge is 2.29. The molecular formula is C7H12NO4P. The largest absolute Gasteiger partial charge is 0.456 e. The summed E-state index contributed by atoms with van der Waals surface area (Å²) in [5, 5.41) is 0. The van der Waals surface area contributed by atoms with Crippen LogP contribution in [-0.4, -0.2) is 11.9 Å².